The second kappa shape index (κ2) is 4.61. The number of carboxylic acids is 1. The van der Waals surface area contributed by atoms with Crippen LogP contribution in [0.3, 0.4) is 0 Å². The maximum absolute atomic E-state index is 12.0. The number of ether oxygens (including phenoxy) is 1. The summed E-state index contributed by atoms with van der Waals surface area (Å²) in [7, 11) is -2.31. The maximum Gasteiger partial charge on any atom is 0.325 e. The third-order valence-corrected chi connectivity index (χ3v) is 5.40. The summed E-state index contributed by atoms with van der Waals surface area (Å²) >= 11 is 1.24. The highest BCUT2D eigenvalue weighted by Gasteiger charge is 2.53. The Balaban J connectivity index is 2.19. The molecule has 0 aliphatic heterocycles. The minimum atomic E-state index is -3.79. The largest absolute Gasteiger partial charge is 0.480 e. The van der Waals surface area contributed by atoms with E-state index in [1.807, 2.05) is 0 Å². The molecule has 18 heavy (non-hydrogen) atoms. The Morgan fingerprint density at radius 1 is 1.61 bits per heavy atom. The third-order valence-electron chi connectivity index (χ3n) is 3.03. The fourth-order valence-electron chi connectivity index (χ4n) is 1.91. The predicted molar refractivity (Wildman–Crippen MR) is 65.0 cm³/mol. The number of nitrogens with one attached hydrogen (secondary N) is 1. The number of sulfonamides is 1. The van der Waals surface area contributed by atoms with Crippen LogP contribution in [-0.4, -0.2) is 38.2 Å². The molecular formula is C10H13NO5S2. The zero-order chi connectivity index (χ0) is 13.4. The van der Waals surface area contributed by atoms with Crippen LogP contribution in [0.2, 0.25) is 0 Å². The molecule has 0 radical (unpaired) electrons. The van der Waals surface area contributed by atoms with E-state index in [0.29, 0.717) is 0 Å². The molecule has 1 aromatic heterocycles. The molecule has 1 heterocycles. The first-order valence-corrected chi connectivity index (χ1v) is 7.64. The van der Waals surface area contributed by atoms with Crippen molar-refractivity contribution in [1.29, 1.82) is 0 Å². The van der Waals surface area contributed by atoms with E-state index in [-0.39, 0.29) is 23.8 Å². The van der Waals surface area contributed by atoms with Gasteiger partial charge in [0.2, 0.25) is 10.0 Å². The topological polar surface area (TPSA) is 92.7 Å². The molecule has 1 aromatic rings. The van der Waals surface area contributed by atoms with Crippen LogP contribution in [-0.2, 0) is 19.6 Å². The van der Waals surface area contributed by atoms with Gasteiger partial charge in [-0.2, -0.15) is 16.1 Å². The summed E-state index contributed by atoms with van der Waals surface area (Å²) in [5.41, 5.74) is -1.44. The highest BCUT2D eigenvalue weighted by atomic mass is 32.2. The van der Waals surface area contributed by atoms with Crippen molar-refractivity contribution >= 4 is 27.3 Å². The molecular weight excluding hydrogens is 278 g/mol. The Hall–Kier alpha value is -0.960. The van der Waals surface area contributed by atoms with Crippen LogP contribution in [0.25, 0.3) is 0 Å². The second-order valence-corrected chi connectivity index (χ2v) is 6.68. The average Bonchev–Trinajstić information content (AvgIpc) is 2.76. The van der Waals surface area contributed by atoms with Gasteiger partial charge in [0.25, 0.3) is 0 Å². The minimum absolute atomic E-state index is 0.0917. The Bertz CT molecular complexity index is 531. The van der Waals surface area contributed by atoms with Gasteiger partial charge in [-0.1, -0.05) is 0 Å². The Morgan fingerprint density at radius 2 is 2.28 bits per heavy atom. The van der Waals surface area contributed by atoms with Gasteiger partial charge in [-0.25, -0.2) is 8.42 Å². The van der Waals surface area contributed by atoms with Gasteiger partial charge in [-0.15, -0.1) is 0 Å². The van der Waals surface area contributed by atoms with E-state index in [0.717, 1.165) is 0 Å². The smallest absolute Gasteiger partial charge is 0.325 e. The number of carbonyl (C=O) groups is 1. The normalized spacial score (nSPS) is 27.7. The van der Waals surface area contributed by atoms with Crippen molar-refractivity contribution in [2.45, 2.75) is 29.4 Å². The van der Waals surface area contributed by atoms with Gasteiger partial charge in [0.1, 0.15) is 5.54 Å². The highest BCUT2D eigenvalue weighted by Crippen LogP contribution is 2.36. The van der Waals surface area contributed by atoms with Crippen molar-refractivity contribution in [2.75, 3.05) is 7.11 Å². The molecule has 0 bridgehead atoms. The number of hydrogen-bond acceptors (Lipinski definition) is 5. The average molecular weight is 291 g/mol. The molecule has 1 aliphatic carbocycles. The SMILES string of the molecule is COC1CC(NS(=O)(=O)c2ccsc2)(C(=O)O)C1. The van der Waals surface area contributed by atoms with Crippen LogP contribution in [0.5, 0.6) is 0 Å². The van der Waals surface area contributed by atoms with Crippen LogP contribution < -0.4 is 4.72 Å². The lowest BCUT2D eigenvalue weighted by molar-refractivity contribution is -0.154. The molecule has 8 heteroatoms. The van der Waals surface area contributed by atoms with E-state index in [2.05, 4.69) is 4.72 Å². The molecule has 0 aromatic carbocycles. The summed E-state index contributed by atoms with van der Waals surface area (Å²) in [5.74, 6) is -1.17. The molecule has 0 atom stereocenters. The Labute approximate surface area is 109 Å². The number of methoxy groups -OCH3 is 1. The molecule has 2 N–H and O–H groups in total. The first-order chi connectivity index (χ1) is 8.39. The summed E-state index contributed by atoms with van der Waals surface area (Å²) in [6.45, 7) is 0. The molecule has 2 rings (SSSR count). The third kappa shape index (κ3) is 2.28. The number of thiophene rings is 1. The summed E-state index contributed by atoms with van der Waals surface area (Å²) in [5, 5.41) is 12.3. The van der Waals surface area contributed by atoms with E-state index in [1.165, 1.54) is 29.9 Å². The predicted octanol–water partition coefficient (Wildman–Crippen LogP) is 0.659. The molecule has 6 nitrogen and oxygen atoms in total. The van der Waals surface area contributed by atoms with Gasteiger partial charge in [-0.3, -0.25) is 4.79 Å². The van der Waals surface area contributed by atoms with Gasteiger partial charge < -0.3 is 9.84 Å². The standard InChI is InChI=1S/C10H13NO5S2/c1-16-7-4-10(5-7,9(12)13)11-18(14,15)8-2-3-17-6-8/h2-3,6-7,11H,4-5H2,1H3,(H,12,13). The van der Waals surface area contributed by atoms with E-state index >= 15 is 0 Å². The fraction of sp³-hybridized carbons (Fsp3) is 0.500. The summed E-state index contributed by atoms with van der Waals surface area (Å²) in [6, 6.07) is 1.44. The maximum atomic E-state index is 12.0. The van der Waals surface area contributed by atoms with Crippen molar-refractivity contribution in [3.63, 3.8) is 0 Å². The molecule has 1 saturated carbocycles. The quantitative estimate of drug-likeness (QED) is 0.831. The van der Waals surface area contributed by atoms with Crippen LogP contribution in [0.4, 0.5) is 0 Å². The monoisotopic (exact) mass is 291 g/mol. The van der Waals surface area contributed by atoms with E-state index in [9.17, 15) is 18.3 Å². The number of hydrogen-bond donors (Lipinski definition) is 2. The summed E-state index contributed by atoms with van der Waals surface area (Å²) in [6.07, 6.45) is 0.0657. The van der Waals surface area contributed by atoms with Gasteiger partial charge in [-0.05, 0) is 11.4 Å². The second-order valence-electron chi connectivity index (χ2n) is 4.22. The van der Waals surface area contributed by atoms with Crippen LogP contribution in [0.1, 0.15) is 12.8 Å². The Kier molecular flexibility index (Phi) is 3.45. The molecule has 1 aliphatic rings. The number of carboxylic acid groups (broad SMARTS) is 1. The highest BCUT2D eigenvalue weighted by molar-refractivity contribution is 7.89. The van der Waals surface area contributed by atoms with Gasteiger partial charge >= 0.3 is 5.97 Å². The van der Waals surface area contributed by atoms with Crippen LogP contribution in [0.15, 0.2) is 21.7 Å². The minimum Gasteiger partial charge on any atom is -0.480 e. The van der Waals surface area contributed by atoms with Crippen molar-refractivity contribution in [1.82, 2.24) is 4.72 Å². The van der Waals surface area contributed by atoms with Crippen molar-refractivity contribution in [3.05, 3.63) is 16.8 Å². The van der Waals surface area contributed by atoms with Gasteiger partial charge in [0.15, 0.2) is 0 Å². The first kappa shape index (κ1) is 13.5. The Morgan fingerprint density at radius 3 is 2.72 bits per heavy atom. The number of rotatable bonds is 5. The molecule has 0 saturated heterocycles. The molecule has 100 valence electrons. The lowest BCUT2D eigenvalue weighted by Gasteiger charge is -2.43. The van der Waals surface area contributed by atoms with Crippen LogP contribution >= 0.6 is 11.3 Å². The van der Waals surface area contributed by atoms with Crippen LogP contribution in [0, 0.1) is 0 Å². The van der Waals surface area contributed by atoms with E-state index in [1.54, 1.807) is 5.38 Å². The molecule has 0 unspecified atom stereocenters. The number of aliphatic carboxylic acids is 1. The lowest BCUT2D eigenvalue weighted by atomic mass is 9.75. The zero-order valence-corrected chi connectivity index (χ0v) is 11.3. The first-order valence-electron chi connectivity index (χ1n) is 5.22. The van der Waals surface area contributed by atoms with E-state index < -0.39 is 21.5 Å². The summed E-state index contributed by atoms with van der Waals surface area (Å²) < 4.78 is 31.3. The van der Waals surface area contributed by atoms with Crippen molar-refractivity contribution < 1.29 is 23.1 Å². The molecule has 1 fully saturated rings. The van der Waals surface area contributed by atoms with Gasteiger partial charge in [0, 0.05) is 25.3 Å². The van der Waals surface area contributed by atoms with E-state index in [4.69, 9.17) is 4.74 Å². The fourth-order valence-corrected chi connectivity index (χ4v) is 4.32. The summed E-state index contributed by atoms with van der Waals surface area (Å²) in [4.78, 5) is 11.3. The lowest BCUT2D eigenvalue weighted by Crippen LogP contribution is -2.64. The van der Waals surface area contributed by atoms with Crippen molar-refractivity contribution in [3.8, 4) is 0 Å². The zero-order valence-electron chi connectivity index (χ0n) is 9.62. The molecule has 0 spiro atoms. The van der Waals surface area contributed by atoms with Crippen molar-refractivity contribution in [2.24, 2.45) is 0 Å². The van der Waals surface area contributed by atoms with Gasteiger partial charge in [0.05, 0.1) is 11.0 Å². The molecule has 0 amide bonds.